The molecule has 0 bridgehead atoms. The van der Waals surface area contributed by atoms with Gasteiger partial charge in [-0.05, 0) is 43.5 Å². The maximum atomic E-state index is 9.11. The van der Waals surface area contributed by atoms with Crippen LogP contribution in [0, 0.1) is 25.2 Å². The van der Waals surface area contributed by atoms with Crippen molar-refractivity contribution >= 4 is 38.6 Å². The zero-order valence-electron chi connectivity index (χ0n) is 19.0. The number of nitrogens with two attached hydrogens (primary N) is 2. The van der Waals surface area contributed by atoms with E-state index in [1.54, 1.807) is 0 Å². The zero-order valence-corrected chi connectivity index (χ0v) is 19.8. The molecule has 4 N–H and O–H groups in total. The molecule has 4 aromatic rings. The first kappa shape index (κ1) is 21.9. The Labute approximate surface area is 201 Å². The van der Waals surface area contributed by atoms with Gasteiger partial charge in [0.25, 0.3) is 0 Å². The number of hydrogen-bond acceptors (Lipinski definition) is 10. The third-order valence-corrected chi connectivity index (χ3v) is 6.84. The number of ether oxygens (including phenoxy) is 1. The van der Waals surface area contributed by atoms with E-state index in [4.69, 9.17) is 21.5 Å². The average Bonchev–Trinajstić information content (AvgIpc) is 3.06. The highest BCUT2D eigenvalue weighted by molar-refractivity contribution is 7.21. The van der Waals surface area contributed by atoms with E-state index in [1.807, 2.05) is 32.2 Å². The summed E-state index contributed by atoms with van der Waals surface area (Å²) < 4.78 is 6.06. The molecule has 4 heterocycles. The van der Waals surface area contributed by atoms with Gasteiger partial charge in [-0.25, -0.2) is 15.0 Å². The maximum Gasteiger partial charge on any atom is 0.222 e. The van der Waals surface area contributed by atoms with Gasteiger partial charge in [-0.3, -0.25) is 0 Å². The SMILES string of the molecule is Cc1nc(N)nc(N2CCOc3ccc(-c4cnc5sc(N)nc5c4C)cc3C2)c1CCC#N. The van der Waals surface area contributed by atoms with Gasteiger partial charge in [-0.2, -0.15) is 10.2 Å². The van der Waals surface area contributed by atoms with Crippen molar-refractivity contribution in [2.45, 2.75) is 33.2 Å². The second-order valence-electron chi connectivity index (χ2n) is 8.22. The lowest BCUT2D eigenvalue weighted by Crippen LogP contribution is -2.28. The lowest BCUT2D eigenvalue weighted by molar-refractivity contribution is 0.331. The molecule has 3 aromatic heterocycles. The Bertz CT molecular complexity index is 1440. The first-order chi connectivity index (χ1) is 16.4. The number of fused-ring (bicyclic) bond motifs is 2. The van der Waals surface area contributed by atoms with Gasteiger partial charge >= 0.3 is 0 Å². The van der Waals surface area contributed by atoms with E-state index in [2.05, 4.69) is 37.0 Å². The predicted octanol–water partition coefficient (Wildman–Crippen LogP) is 3.78. The number of nitriles is 1. The number of nitrogens with zero attached hydrogens (tertiary/aromatic N) is 6. The van der Waals surface area contributed by atoms with Crippen LogP contribution in [0.1, 0.15) is 28.8 Å². The second-order valence-corrected chi connectivity index (χ2v) is 9.23. The number of anilines is 3. The third kappa shape index (κ3) is 3.95. The van der Waals surface area contributed by atoms with Crippen LogP contribution in [0.15, 0.2) is 24.4 Å². The molecule has 9 nitrogen and oxygen atoms in total. The Morgan fingerprint density at radius 1 is 1.21 bits per heavy atom. The summed E-state index contributed by atoms with van der Waals surface area (Å²) >= 11 is 1.39. The normalized spacial score (nSPS) is 13.3. The van der Waals surface area contributed by atoms with Crippen molar-refractivity contribution in [2.24, 2.45) is 0 Å². The monoisotopic (exact) mass is 472 g/mol. The molecule has 0 saturated carbocycles. The van der Waals surface area contributed by atoms with Crippen LogP contribution in [0.4, 0.5) is 16.9 Å². The van der Waals surface area contributed by atoms with Crippen LogP contribution >= 0.6 is 11.3 Å². The summed E-state index contributed by atoms with van der Waals surface area (Å²) in [5.74, 6) is 1.83. The molecule has 10 heteroatoms. The Morgan fingerprint density at radius 3 is 2.88 bits per heavy atom. The highest BCUT2D eigenvalue weighted by atomic mass is 32.1. The number of thiazole rings is 1. The minimum absolute atomic E-state index is 0.227. The molecule has 1 aromatic carbocycles. The van der Waals surface area contributed by atoms with E-state index in [9.17, 15) is 0 Å². The van der Waals surface area contributed by atoms with E-state index >= 15 is 0 Å². The third-order valence-electron chi connectivity index (χ3n) is 6.04. The molecule has 0 spiro atoms. The summed E-state index contributed by atoms with van der Waals surface area (Å²) in [4.78, 5) is 20.9. The van der Waals surface area contributed by atoms with Crippen LogP contribution in [-0.4, -0.2) is 33.1 Å². The number of rotatable bonds is 4. The Morgan fingerprint density at radius 2 is 2.06 bits per heavy atom. The second kappa shape index (κ2) is 8.76. The standard InChI is InChI=1S/C24H24N8OS/c1-13-18(11-28-22-20(13)30-24(27)34-22)15-5-6-19-16(10-15)12-32(8-9-33-19)21-17(4-3-7-25)14(2)29-23(26)31-21/h5-6,10-11H,3-4,8-9,12H2,1-2H3,(H2,27,30)(H2,26,29,31). The van der Waals surface area contributed by atoms with Gasteiger partial charge in [0.2, 0.25) is 5.95 Å². The quantitative estimate of drug-likeness (QED) is 0.454. The molecule has 0 amide bonds. The average molecular weight is 473 g/mol. The van der Waals surface area contributed by atoms with Crippen molar-refractivity contribution in [1.29, 1.82) is 5.26 Å². The molecular weight excluding hydrogens is 448 g/mol. The van der Waals surface area contributed by atoms with Gasteiger partial charge in [0.1, 0.15) is 28.5 Å². The van der Waals surface area contributed by atoms with Crippen molar-refractivity contribution in [2.75, 3.05) is 29.5 Å². The van der Waals surface area contributed by atoms with Gasteiger partial charge in [0.15, 0.2) is 5.13 Å². The smallest absolute Gasteiger partial charge is 0.222 e. The van der Waals surface area contributed by atoms with Crippen molar-refractivity contribution in [3.05, 3.63) is 46.8 Å². The number of aryl methyl sites for hydroxylation is 2. The summed E-state index contributed by atoms with van der Waals surface area (Å²) in [6.45, 7) is 5.70. The minimum Gasteiger partial charge on any atom is -0.491 e. The summed E-state index contributed by atoms with van der Waals surface area (Å²) in [5.41, 5.74) is 18.6. The lowest BCUT2D eigenvalue weighted by atomic mass is 9.99. The van der Waals surface area contributed by atoms with E-state index in [-0.39, 0.29) is 5.95 Å². The lowest BCUT2D eigenvalue weighted by Gasteiger charge is -2.24. The fourth-order valence-electron chi connectivity index (χ4n) is 4.38. The fraction of sp³-hybridized carbons (Fsp3) is 0.292. The van der Waals surface area contributed by atoms with Gasteiger partial charge < -0.3 is 21.1 Å². The summed E-state index contributed by atoms with van der Waals surface area (Å²) in [5, 5.41) is 9.63. The van der Waals surface area contributed by atoms with Crippen LogP contribution in [0.25, 0.3) is 21.5 Å². The van der Waals surface area contributed by atoms with E-state index in [0.717, 1.165) is 55.4 Å². The van der Waals surface area contributed by atoms with Crippen LogP contribution < -0.4 is 21.1 Å². The molecule has 0 saturated heterocycles. The number of nitrogen functional groups attached to an aromatic ring is 2. The van der Waals surface area contributed by atoms with Crippen molar-refractivity contribution in [1.82, 2.24) is 19.9 Å². The first-order valence-corrected chi connectivity index (χ1v) is 11.8. The number of pyridine rings is 1. The van der Waals surface area contributed by atoms with Gasteiger partial charge in [0, 0.05) is 41.5 Å². The zero-order chi connectivity index (χ0) is 23.8. The number of aromatic nitrogens is 4. The van der Waals surface area contributed by atoms with E-state index in [0.29, 0.717) is 37.7 Å². The van der Waals surface area contributed by atoms with Gasteiger partial charge in [-0.1, -0.05) is 17.4 Å². The molecule has 0 aliphatic carbocycles. The molecule has 1 aliphatic rings. The minimum atomic E-state index is 0.227. The van der Waals surface area contributed by atoms with E-state index in [1.165, 1.54) is 11.3 Å². The summed E-state index contributed by atoms with van der Waals surface area (Å²) in [6.07, 6.45) is 2.84. The molecule has 0 unspecified atom stereocenters. The Balaban J connectivity index is 1.54. The molecule has 5 rings (SSSR count). The molecule has 0 radical (unpaired) electrons. The van der Waals surface area contributed by atoms with Crippen molar-refractivity contribution < 1.29 is 4.74 Å². The topological polar surface area (TPSA) is 140 Å². The molecular formula is C24H24N8OS. The summed E-state index contributed by atoms with van der Waals surface area (Å²) in [6, 6.07) is 8.39. The van der Waals surface area contributed by atoms with Crippen LogP contribution in [0.2, 0.25) is 0 Å². The van der Waals surface area contributed by atoms with Crippen LogP contribution in [0.3, 0.4) is 0 Å². The highest BCUT2D eigenvalue weighted by Gasteiger charge is 2.22. The van der Waals surface area contributed by atoms with E-state index < -0.39 is 0 Å². The number of benzene rings is 1. The van der Waals surface area contributed by atoms with Gasteiger partial charge in [0.05, 0.1) is 12.6 Å². The molecule has 1 aliphatic heterocycles. The molecule has 0 atom stereocenters. The summed E-state index contributed by atoms with van der Waals surface area (Å²) in [7, 11) is 0. The largest absolute Gasteiger partial charge is 0.491 e. The van der Waals surface area contributed by atoms with Gasteiger partial charge in [-0.15, -0.1) is 0 Å². The van der Waals surface area contributed by atoms with Crippen molar-refractivity contribution in [3.63, 3.8) is 0 Å². The fourth-order valence-corrected chi connectivity index (χ4v) is 5.11. The Kier molecular flexibility index (Phi) is 5.63. The molecule has 172 valence electrons. The van der Waals surface area contributed by atoms with Crippen LogP contribution in [0.5, 0.6) is 5.75 Å². The van der Waals surface area contributed by atoms with Crippen LogP contribution in [-0.2, 0) is 13.0 Å². The maximum absolute atomic E-state index is 9.11. The Hall–Kier alpha value is -3.97. The van der Waals surface area contributed by atoms with Crippen molar-refractivity contribution in [3.8, 4) is 22.9 Å². The predicted molar refractivity (Wildman–Crippen MR) is 134 cm³/mol. The molecule has 34 heavy (non-hydrogen) atoms. The number of hydrogen-bond donors (Lipinski definition) is 2. The highest BCUT2D eigenvalue weighted by Crippen LogP contribution is 2.35. The molecule has 0 fully saturated rings. The first-order valence-electron chi connectivity index (χ1n) is 11.0.